The molecule has 2 N–H and O–H groups in total. The Morgan fingerprint density at radius 3 is 2.14 bits per heavy atom. The van der Waals surface area contributed by atoms with Gasteiger partial charge in [0, 0.05) is 31.9 Å². The Morgan fingerprint density at radius 1 is 0.861 bits per heavy atom. The zero-order valence-electron chi connectivity index (χ0n) is 21.4. The zero-order chi connectivity index (χ0) is 25.4. The number of thiophene rings is 1. The number of hydrogen-bond acceptors (Lipinski definition) is 2. The molecule has 0 saturated heterocycles. The first kappa shape index (κ1) is 24.9. The van der Waals surface area contributed by atoms with E-state index in [1.807, 2.05) is 24.3 Å². The Kier molecular flexibility index (Phi) is 7.09. The summed E-state index contributed by atoms with van der Waals surface area (Å²) in [7, 11) is 0. The summed E-state index contributed by atoms with van der Waals surface area (Å²) in [6.07, 6.45) is 4.70. The average molecular weight is 517 g/mol. The molecule has 1 aliphatic rings. The molecule has 186 valence electrons. The predicted octanol–water partition coefficient (Wildman–Crippen LogP) is 9.99. The van der Waals surface area contributed by atoms with E-state index in [-0.39, 0.29) is 6.03 Å². The molecule has 1 heterocycles. The summed E-state index contributed by atoms with van der Waals surface area (Å²) in [6.45, 7) is 8.63. The number of urea groups is 1. The van der Waals surface area contributed by atoms with Gasteiger partial charge in [0.25, 0.3) is 0 Å². The van der Waals surface area contributed by atoms with Crippen molar-refractivity contribution < 1.29 is 4.79 Å². The van der Waals surface area contributed by atoms with E-state index in [9.17, 15) is 4.79 Å². The van der Waals surface area contributed by atoms with Crippen LogP contribution in [-0.4, -0.2) is 6.03 Å². The number of aryl methyl sites for hydroxylation is 2. The fourth-order valence-corrected chi connectivity index (χ4v) is 6.68. The minimum Gasteiger partial charge on any atom is -0.307 e. The van der Waals surface area contributed by atoms with Crippen molar-refractivity contribution in [2.24, 2.45) is 0 Å². The molecule has 0 fully saturated rings. The van der Waals surface area contributed by atoms with Crippen LogP contribution in [0.1, 0.15) is 74.6 Å². The number of carbonyl (C=O) groups excluding carboxylic acids is 1. The zero-order valence-corrected chi connectivity index (χ0v) is 22.9. The molecule has 0 aliphatic heterocycles. The summed E-state index contributed by atoms with van der Waals surface area (Å²) in [5.41, 5.74) is 8.01. The first-order valence-corrected chi connectivity index (χ1v) is 14.1. The van der Waals surface area contributed by atoms with Crippen LogP contribution in [0, 0.1) is 0 Å². The number of halogens is 1. The summed E-state index contributed by atoms with van der Waals surface area (Å²) >= 11 is 8.31. The van der Waals surface area contributed by atoms with Crippen LogP contribution in [0.3, 0.4) is 0 Å². The van der Waals surface area contributed by atoms with Crippen molar-refractivity contribution in [2.75, 3.05) is 10.6 Å². The number of rotatable bonds is 5. The highest BCUT2D eigenvalue weighted by molar-refractivity contribution is 7.23. The van der Waals surface area contributed by atoms with Gasteiger partial charge in [0.15, 0.2) is 0 Å². The first-order valence-electron chi connectivity index (χ1n) is 12.9. The lowest BCUT2D eigenvalue weighted by Gasteiger charge is -2.20. The van der Waals surface area contributed by atoms with Crippen LogP contribution in [0.2, 0.25) is 5.02 Å². The van der Waals surface area contributed by atoms with Crippen molar-refractivity contribution in [3.63, 3.8) is 0 Å². The molecule has 3 nitrogen and oxygen atoms in total. The van der Waals surface area contributed by atoms with Crippen molar-refractivity contribution in [2.45, 2.75) is 65.2 Å². The molecule has 3 aromatic carbocycles. The highest BCUT2D eigenvalue weighted by atomic mass is 35.5. The SMILES string of the molecule is CC(C)c1cccc(C(C)C)c1NC(=O)Nc1sc2cc3c(cc2c1-c1ccccc1Cl)CCCC3. The monoisotopic (exact) mass is 516 g/mol. The number of carbonyl (C=O) groups is 1. The molecule has 2 amide bonds. The number of para-hydroxylation sites is 1. The van der Waals surface area contributed by atoms with E-state index >= 15 is 0 Å². The fraction of sp³-hybridized carbons (Fsp3) is 0.323. The summed E-state index contributed by atoms with van der Waals surface area (Å²) in [4.78, 5) is 13.5. The summed E-state index contributed by atoms with van der Waals surface area (Å²) in [6, 6.07) is 18.6. The molecule has 0 saturated carbocycles. The van der Waals surface area contributed by atoms with Crippen molar-refractivity contribution in [1.82, 2.24) is 0 Å². The van der Waals surface area contributed by atoms with Crippen LogP contribution in [0.15, 0.2) is 54.6 Å². The van der Waals surface area contributed by atoms with Crippen LogP contribution in [-0.2, 0) is 12.8 Å². The van der Waals surface area contributed by atoms with E-state index in [1.54, 1.807) is 11.3 Å². The van der Waals surface area contributed by atoms with Crippen LogP contribution < -0.4 is 10.6 Å². The van der Waals surface area contributed by atoms with Gasteiger partial charge in [0.1, 0.15) is 5.00 Å². The Balaban J connectivity index is 1.58. The third-order valence-electron chi connectivity index (χ3n) is 7.13. The molecule has 0 spiro atoms. The lowest BCUT2D eigenvalue weighted by Crippen LogP contribution is -2.21. The quantitative estimate of drug-likeness (QED) is 0.272. The number of fused-ring (bicyclic) bond motifs is 2. The highest BCUT2D eigenvalue weighted by Crippen LogP contribution is 2.46. The maximum Gasteiger partial charge on any atom is 0.324 e. The number of anilines is 2. The smallest absolute Gasteiger partial charge is 0.307 e. The van der Waals surface area contributed by atoms with Gasteiger partial charge in [-0.25, -0.2) is 4.79 Å². The predicted molar refractivity (Wildman–Crippen MR) is 156 cm³/mol. The summed E-state index contributed by atoms with van der Waals surface area (Å²) in [5, 5.41) is 9.09. The van der Waals surface area contributed by atoms with Gasteiger partial charge in [-0.1, -0.05) is 75.7 Å². The van der Waals surface area contributed by atoms with E-state index < -0.39 is 0 Å². The van der Waals surface area contributed by atoms with E-state index in [0.717, 1.165) is 51.2 Å². The van der Waals surface area contributed by atoms with Gasteiger partial charge in [0.05, 0.1) is 0 Å². The molecule has 0 atom stereocenters. The number of benzene rings is 3. The summed E-state index contributed by atoms with van der Waals surface area (Å²) < 4.78 is 1.19. The minimum absolute atomic E-state index is 0.227. The Hall–Kier alpha value is -2.82. The molecule has 4 aromatic rings. The standard InChI is InChI=1S/C31H33ClN2OS/c1-18(2)22-13-9-14-23(19(3)4)29(22)33-31(35)34-30-28(24-12-7-8-15-26(24)32)25-16-20-10-5-6-11-21(20)17-27(25)36-30/h7-9,12-19H,5-6,10-11H2,1-4H3,(H2,33,34,35). The van der Waals surface area contributed by atoms with Gasteiger partial charge in [-0.2, -0.15) is 0 Å². The van der Waals surface area contributed by atoms with Gasteiger partial charge in [0.2, 0.25) is 0 Å². The third-order valence-corrected chi connectivity index (χ3v) is 8.53. The molecule has 0 unspecified atom stereocenters. The third kappa shape index (κ3) is 4.77. The minimum atomic E-state index is -0.227. The highest BCUT2D eigenvalue weighted by Gasteiger charge is 2.22. The largest absolute Gasteiger partial charge is 0.324 e. The molecule has 0 radical (unpaired) electrons. The normalized spacial score (nSPS) is 13.3. The molecule has 5 heteroatoms. The average Bonchev–Trinajstić information content (AvgIpc) is 3.18. The van der Waals surface area contributed by atoms with Crippen molar-refractivity contribution in [3.05, 3.63) is 81.9 Å². The van der Waals surface area contributed by atoms with Gasteiger partial charge < -0.3 is 5.32 Å². The van der Waals surface area contributed by atoms with E-state index in [1.165, 1.54) is 28.7 Å². The second kappa shape index (κ2) is 10.3. The lowest BCUT2D eigenvalue weighted by molar-refractivity contribution is 0.262. The molecular formula is C31H33ClN2OS. The molecule has 0 bridgehead atoms. The van der Waals surface area contributed by atoms with Gasteiger partial charge in [-0.15, -0.1) is 11.3 Å². The van der Waals surface area contributed by atoms with E-state index in [4.69, 9.17) is 11.6 Å². The maximum atomic E-state index is 13.5. The molecule has 36 heavy (non-hydrogen) atoms. The van der Waals surface area contributed by atoms with Gasteiger partial charge in [-0.3, -0.25) is 5.32 Å². The van der Waals surface area contributed by atoms with Crippen LogP contribution in [0.25, 0.3) is 21.2 Å². The van der Waals surface area contributed by atoms with Crippen LogP contribution in [0.4, 0.5) is 15.5 Å². The van der Waals surface area contributed by atoms with Crippen molar-refractivity contribution >= 4 is 49.7 Å². The first-order chi connectivity index (χ1) is 17.3. The van der Waals surface area contributed by atoms with E-state index in [2.05, 4.69) is 68.7 Å². The Morgan fingerprint density at radius 2 is 1.50 bits per heavy atom. The van der Waals surface area contributed by atoms with Crippen LogP contribution >= 0.6 is 22.9 Å². The molecule has 1 aliphatic carbocycles. The topological polar surface area (TPSA) is 41.1 Å². The molecule has 5 rings (SSSR count). The van der Waals surface area contributed by atoms with Crippen molar-refractivity contribution in [3.8, 4) is 11.1 Å². The number of hydrogen-bond donors (Lipinski definition) is 2. The Bertz CT molecular complexity index is 1410. The van der Waals surface area contributed by atoms with Crippen LogP contribution in [0.5, 0.6) is 0 Å². The van der Waals surface area contributed by atoms with Gasteiger partial charge in [-0.05, 0) is 78.0 Å². The number of amides is 2. The van der Waals surface area contributed by atoms with Gasteiger partial charge >= 0.3 is 6.03 Å². The number of nitrogens with one attached hydrogen (secondary N) is 2. The fourth-order valence-electron chi connectivity index (χ4n) is 5.29. The molecular weight excluding hydrogens is 484 g/mol. The second-order valence-corrected chi connectivity index (χ2v) is 11.8. The second-order valence-electron chi connectivity index (χ2n) is 10.3. The van der Waals surface area contributed by atoms with E-state index in [0.29, 0.717) is 16.9 Å². The van der Waals surface area contributed by atoms with Crippen molar-refractivity contribution in [1.29, 1.82) is 0 Å². The Labute approximate surface area is 222 Å². The molecule has 1 aromatic heterocycles. The maximum absolute atomic E-state index is 13.5. The summed E-state index contributed by atoms with van der Waals surface area (Å²) in [5.74, 6) is 0.599. The lowest BCUT2D eigenvalue weighted by atomic mass is 9.90.